The van der Waals surface area contributed by atoms with Gasteiger partial charge in [-0.1, -0.05) is 15.9 Å². The zero-order chi connectivity index (χ0) is 13.6. The summed E-state index contributed by atoms with van der Waals surface area (Å²) in [6, 6.07) is 4.08. The molecule has 5 heteroatoms. The van der Waals surface area contributed by atoms with Gasteiger partial charge in [-0.05, 0) is 31.0 Å². The van der Waals surface area contributed by atoms with E-state index < -0.39 is 11.7 Å². The number of benzene rings is 1. The maximum atomic E-state index is 12.8. The molecule has 0 atom stereocenters. The molecule has 1 nitrogen and oxygen atoms in total. The first-order valence-corrected chi connectivity index (χ1v) is 6.28. The van der Waals surface area contributed by atoms with E-state index >= 15 is 0 Å². The van der Waals surface area contributed by atoms with Gasteiger partial charge in [0.05, 0.1) is 5.56 Å². The predicted octanol–water partition coefficient (Wildman–Crippen LogP) is 4.68. The highest BCUT2D eigenvalue weighted by Gasteiger charge is 2.33. The highest BCUT2D eigenvalue weighted by Crippen LogP contribution is 2.36. The number of unbranched alkanes of at least 4 members (excludes halogenated alkanes) is 2. The van der Waals surface area contributed by atoms with Crippen LogP contribution in [0.25, 0.3) is 0 Å². The first-order valence-electron chi connectivity index (χ1n) is 5.49. The molecule has 0 heterocycles. The van der Waals surface area contributed by atoms with Crippen LogP contribution in [-0.2, 0) is 6.18 Å². The molecule has 0 saturated heterocycles. The van der Waals surface area contributed by atoms with Crippen LogP contribution in [-0.4, -0.2) is 6.54 Å². The molecule has 0 radical (unpaired) electrons. The third kappa shape index (κ3) is 4.61. The molecule has 0 saturated carbocycles. The van der Waals surface area contributed by atoms with Gasteiger partial charge in [0.15, 0.2) is 0 Å². The Morgan fingerprint density at radius 3 is 2.61 bits per heavy atom. The minimum absolute atomic E-state index is 0.103. The minimum atomic E-state index is -4.36. The molecule has 0 aliphatic carbocycles. The fourth-order valence-corrected chi connectivity index (χ4v) is 1.84. The molecule has 0 amide bonds. The van der Waals surface area contributed by atoms with Crippen LogP contribution in [0, 0.1) is 12.3 Å². The summed E-state index contributed by atoms with van der Waals surface area (Å²) in [4.78, 5) is 0. The van der Waals surface area contributed by atoms with Crippen molar-refractivity contribution in [3.8, 4) is 12.3 Å². The highest BCUT2D eigenvalue weighted by molar-refractivity contribution is 9.10. The molecular weight excluding hydrogens is 307 g/mol. The zero-order valence-corrected chi connectivity index (χ0v) is 11.2. The Balaban J connectivity index is 2.68. The smallest absolute Gasteiger partial charge is 0.385 e. The van der Waals surface area contributed by atoms with Crippen molar-refractivity contribution in [3.05, 3.63) is 28.2 Å². The minimum Gasteiger partial charge on any atom is -0.385 e. The predicted molar refractivity (Wildman–Crippen MR) is 70.3 cm³/mol. The molecule has 0 aliphatic heterocycles. The number of alkyl halides is 3. The lowest BCUT2D eigenvalue weighted by Gasteiger charge is -2.14. The van der Waals surface area contributed by atoms with Gasteiger partial charge in [0, 0.05) is 23.1 Å². The van der Waals surface area contributed by atoms with Crippen LogP contribution in [0.5, 0.6) is 0 Å². The number of terminal acetylenes is 1. The first kappa shape index (κ1) is 14.9. The normalized spacial score (nSPS) is 11.1. The van der Waals surface area contributed by atoms with Crippen molar-refractivity contribution in [2.75, 3.05) is 11.9 Å². The molecule has 0 fully saturated rings. The van der Waals surface area contributed by atoms with E-state index in [1.807, 2.05) is 0 Å². The van der Waals surface area contributed by atoms with Crippen molar-refractivity contribution in [1.82, 2.24) is 0 Å². The zero-order valence-electron chi connectivity index (χ0n) is 9.65. The van der Waals surface area contributed by atoms with E-state index in [-0.39, 0.29) is 5.69 Å². The van der Waals surface area contributed by atoms with Gasteiger partial charge < -0.3 is 5.32 Å². The molecule has 0 aliphatic rings. The molecular formula is C13H13BrF3N. The lowest BCUT2D eigenvalue weighted by atomic mass is 10.1. The van der Waals surface area contributed by atoms with Crippen LogP contribution in [0.4, 0.5) is 18.9 Å². The summed E-state index contributed by atoms with van der Waals surface area (Å²) in [6.07, 6.45) is 2.94. The van der Waals surface area contributed by atoms with Crippen LogP contribution in [0.15, 0.2) is 22.7 Å². The van der Waals surface area contributed by atoms with Gasteiger partial charge in [-0.3, -0.25) is 0 Å². The average Bonchev–Trinajstić information content (AvgIpc) is 2.29. The van der Waals surface area contributed by atoms with Crippen molar-refractivity contribution in [3.63, 3.8) is 0 Å². The Morgan fingerprint density at radius 1 is 1.28 bits per heavy atom. The highest BCUT2D eigenvalue weighted by atomic mass is 79.9. The summed E-state index contributed by atoms with van der Waals surface area (Å²) in [5, 5.41) is 2.80. The quantitative estimate of drug-likeness (QED) is 0.613. The van der Waals surface area contributed by atoms with Crippen molar-refractivity contribution in [1.29, 1.82) is 0 Å². The van der Waals surface area contributed by atoms with Crippen LogP contribution >= 0.6 is 15.9 Å². The summed E-state index contributed by atoms with van der Waals surface area (Å²) in [6.45, 7) is 0.479. The third-order valence-corrected chi connectivity index (χ3v) is 2.84. The van der Waals surface area contributed by atoms with Crippen molar-refractivity contribution in [2.24, 2.45) is 0 Å². The monoisotopic (exact) mass is 319 g/mol. The molecule has 0 spiro atoms. The molecule has 0 aromatic heterocycles. The molecule has 1 N–H and O–H groups in total. The first-order chi connectivity index (χ1) is 8.45. The second-order valence-electron chi connectivity index (χ2n) is 3.78. The van der Waals surface area contributed by atoms with Crippen LogP contribution < -0.4 is 5.32 Å². The van der Waals surface area contributed by atoms with E-state index in [2.05, 4.69) is 27.2 Å². The van der Waals surface area contributed by atoms with Gasteiger partial charge >= 0.3 is 6.18 Å². The summed E-state index contributed by atoms with van der Waals surface area (Å²) in [5.41, 5.74) is -0.555. The second kappa shape index (κ2) is 6.69. The molecule has 0 bridgehead atoms. The average molecular weight is 320 g/mol. The maximum Gasteiger partial charge on any atom is 0.418 e. The molecule has 0 unspecified atom stereocenters. The maximum absolute atomic E-state index is 12.8. The van der Waals surface area contributed by atoms with Crippen LogP contribution in [0.1, 0.15) is 24.8 Å². The number of anilines is 1. The van der Waals surface area contributed by atoms with E-state index in [1.54, 1.807) is 6.07 Å². The topological polar surface area (TPSA) is 12.0 Å². The Bertz CT molecular complexity index is 435. The Hall–Kier alpha value is -1.15. The van der Waals surface area contributed by atoms with Gasteiger partial charge in [-0.25, -0.2) is 0 Å². The van der Waals surface area contributed by atoms with Gasteiger partial charge in [-0.15, -0.1) is 12.3 Å². The second-order valence-corrected chi connectivity index (χ2v) is 4.69. The molecule has 18 heavy (non-hydrogen) atoms. The van der Waals surface area contributed by atoms with Crippen molar-refractivity contribution >= 4 is 21.6 Å². The van der Waals surface area contributed by atoms with Crippen molar-refractivity contribution < 1.29 is 13.2 Å². The Kier molecular flexibility index (Phi) is 5.54. The lowest BCUT2D eigenvalue weighted by Crippen LogP contribution is -2.11. The summed E-state index contributed by atoms with van der Waals surface area (Å²) in [5.74, 6) is 2.50. The molecule has 98 valence electrons. The summed E-state index contributed by atoms with van der Waals surface area (Å²) in [7, 11) is 0. The fourth-order valence-electron chi connectivity index (χ4n) is 1.48. The number of halogens is 4. The number of hydrogen-bond donors (Lipinski definition) is 1. The molecule has 1 aromatic rings. The third-order valence-electron chi connectivity index (χ3n) is 2.35. The summed E-state index contributed by atoms with van der Waals surface area (Å²) >= 11 is 3.04. The van der Waals surface area contributed by atoms with Gasteiger partial charge in [0.2, 0.25) is 0 Å². The van der Waals surface area contributed by atoms with Crippen LogP contribution in [0.2, 0.25) is 0 Å². The number of nitrogens with one attached hydrogen (secondary N) is 1. The van der Waals surface area contributed by atoms with E-state index in [4.69, 9.17) is 6.42 Å². The van der Waals surface area contributed by atoms with E-state index in [1.165, 1.54) is 6.07 Å². The SMILES string of the molecule is C#CCCCCNc1ccc(Br)cc1C(F)(F)F. The molecule has 1 rings (SSSR count). The van der Waals surface area contributed by atoms with Gasteiger partial charge in [0.1, 0.15) is 0 Å². The van der Waals surface area contributed by atoms with Crippen molar-refractivity contribution in [2.45, 2.75) is 25.4 Å². The lowest BCUT2D eigenvalue weighted by molar-refractivity contribution is -0.137. The number of rotatable bonds is 5. The van der Waals surface area contributed by atoms with E-state index in [0.717, 1.165) is 18.9 Å². The van der Waals surface area contributed by atoms with Gasteiger partial charge in [-0.2, -0.15) is 13.2 Å². The number of hydrogen-bond acceptors (Lipinski definition) is 1. The van der Waals surface area contributed by atoms with E-state index in [9.17, 15) is 13.2 Å². The van der Waals surface area contributed by atoms with Gasteiger partial charge in [0.25, 0.3) is 0 Å². The largest absolute Gasteiger partial charge is 0.418 e. The summed E-state index contributed by atoms with van der Waals surface area (Å²) < 4.78 is 38.7. The Morgan fingerprint density at radius 2 is 2.00 bits per heavy atom. The fraction of sp³-hybridized carbons (Fsp3) is 0.385. The standard InChI is InChI=1S/C13H13BrF3N/c1-2-3-4-5-8-18-12-7-6-10(14)9-11(12)13(15,16)17/h1,6-7,9,18H,3-5,8H2. The molecule has 1 aromatic carbocycles. The Labute approximate surface area is 113 Å². The van der Waals surface area contributed by atoms with E-state index in [0.29, 0.717) is 17.4 Å². The van der Waals surface area contributed by atoms with Crippen LogP contribution in [0.3, 0.4) is 0 Å².